The first-order chi connectivity index (χ1) is 16.3. The Morgan fingerprint density at radius 3 is 2.09 bits per heavy atom. The van der Waals surface area contributed by atoms with Gasteiger partial charge in [0.05, 0.1) is 5.69 Å². The van der Waals surface area contributed by atoms with E-state index in [1.165, 1.54) is 4.57 Å². The number of nitrogens with zero attached hydrogens (tertiary/aromatic N) is 3. The molecule has 4 aromatic rings. The number of pyridine rings is 3. The molecule has 0 atom stereocenters. The molecule has 0 aliphatic rings. The van der Waals surface area contributed by atoms with Crippen LogP contribution in [0.3, 0.4) is 0 Å². The zero-order valence-electron chi connectivity index (χ0n) is 20.1. The number of rotatable bonds is 5. The summed E-state index contributed by atoms with van der Waals surface area (Å²) in [5.41, 5.74) is 4.32. The molecule has 7 heteroatoms. The van der Waals surface area contributed by atoms with E-state index in [2.05, 4.69) is 48.3 Å². The number of anilines is 2. The molecule has 0 aliphatic heterocycles. The average molecular weight is 456 g/mol. The highest BCUT2D eigenvalue weighted by Gasteiger charge is 2.22. The molecule has 0 saturated carbocycles. The minimum Gasteiger partial charge on any atom is -0.307 e. The van der Waals surface area contributed by atoms with Crippen molar-refractivity contribution in [2.45, 2.75) is 39.5 Å². The predicted molar refractivity (Wildman–Crippen MR) is 137 cm³/mol. The molecule has 0 radical (unpaired) electrons. The second-order valence-corrected chi connectivity index (χ2v) is 8.90. The molecule has 2 amide bonds. The third-order valence-corrected chi connectivity index (χ3v) is 5.91. The topological polar surface area (TPSA) is 88.9 Å². The standard InChI is InChI=1S/C27H29N5O2/c1-16(2)18-10-8-11-19(17(3)4)23(18)30-27(34)31-24-22(21-13-6-7-14-28-21)20-12-9-15-29-25(20)32(5)26(24)33/h6-17H,1-5H3,(H2,30,31,34). The van der Waals surface area contributed by atoms with E-state index in [4.69, 9.17) is 0 Å². The molecular weight excluding hydrogens is 426 g/mol. The lowest BCUT2D eigenvalue weighted by Gasteiger charge is -2.21. The van der Waals surface area contributed by atoms with Gasteiger partial charge < -0.3 is 10.6 Å². The van der Waals surface area contributed by atoms with E-state index in [-0.39, 0.29) is 23.1 Å². The molecule has 3 aromatic heterocycles. The number of para-hydroxylation sites is 1. The van der Waals surface area contributed by atoms with E-state index in [9.17, 15) is 9.59 Å². The molecule has 174 valence electrons. The van der Waals surface area contributed by atoms with Crippen molar-refractivity contribution >= 4 is 28.4 Å². The third-order valence-electron chi connectivity index (χ3n) is 5.91. The van der Waals surface area contributed by atoms with Crippen molar-refractivity contribution in [2.24, 2.45) is 7.05 Å². The number of hydrogen-bond acceptors (Lipinski definition) is 4. The lowest BCUT2D eigenvalue weighted by atomic mass is 9.93. The number of carbonyl (C=O) groups excluding carboxylic acids is 1. The number of benzene rings is 1. The Labute approximate surface area is 198 Å². The van der Waals surface area contributed by atoms with Gasteiger partial charge >= 0.3 is 6.03 Å². The van der Waals surface area contributed by atoms with E-state index < -0.39 is 6.03 Å². The fraction of sp³-hybridized carbons (Fsp3) is 0.259. The summed E-state index contributed by atoms with van der Waals surface area (Å²) >= 11 is 0. The molecule has 1 aromatic carbocycles. The molecule has 0 unspecified atom stereocenters. The normalized spacial score (nSPS) is 11.3. The molecule has 0 aliphatic carbocycles. The van der Waals surface area contributed by atoms with E-state index in [1.807, 2.05) is 36.4 Å². The Bertz CT molecular complexity index is 1380. The Morgan fingerprint density at radius 2 is 1.47 bits per heavy atom. The van der Waals surface area contributed by atoms with Gasteiger partial charge in [0.2, 0.25) is 0 Å². The summed E-state index contributed by atoms with van der Waals surface area (Å²) in [5, 5.41) is 6.60. The fourth-order valence-electron chi connectivity index (χ4n) is 4.21. The van der Waals surface area contributed by atoms with Gasteiger partial charge in [-0.25, -0.2) is 9.78 Å². The number of fused-ring (bicyclic) bond motifs is 1. The number of carbonyl (C=O) groups is 1. The van der Waals surface area contributed by atoms with E-state index in [0.717, 1.165) is 22.2 Å². The SMILES string of the molecule is CC(C)c1cccc(C(C)C)c1NC(=O)Nc1c(-c2ccccn2)c2cccnc2n(C)c1=O. The van der Waals surface area contributed by atoms with E-state index >= 15 is 0 Å². The zero-order chi connectivity index (χ0) is 24.4. The molecule has 0 spiro atoms. The Kier molecular flexibility index (Phi) is 6.45. The van der Waals surface area contributed by atoms with Crippen LogP contribution in [0.25, 0.3) is 22.3 Å². The lowest BCUT2D eigenvalue weighted by Crippen LogP contribution is -2.29. The van der Waals surface area contributed by atoms with Gasteiger partial charge in [-0.15, -0.1) is 0 Å². The van der Waals surface area contributed by atoms with Crippen LogP contribution in [0.2, 0.25) is 0 Å². The first-order valence-corrected chi connectivity index (χ1v) is 11.4. The first kappa shape index (κ1) is 23.2. The Balaban J connectivity index is 1.84. The maximum absolute atomic E-state index is 13.4. The quantitative estimate of drug-likeness (QED) is 0.393. The van der Waals surface area contributed by atoms with Gasteiger partial charge in [0.1, 0.15) is 11.3 Å². The summed E-state index contributed by atoms with van der Waals surface area (Å²) in [4.78, 5) is 35.5. The van der Waals surface area contributed by atoms with Crippen molar-refractivity contribution in [1.82, 2.24) is 14.5 Å². The van der Waals surface area contributed by atoms with Crippen molar-refractivity contribution in [1.29, 1.82) is 0 Å². The van der Waals surface area contributed by atoms with Crippen molar-refractivity contribution < 1.29 is 4.79 Å². The molecule has 0 fully saturated rings. The molecule has 0 saturated heterocycles. The van der Waals surface area contributed by atoms with Gasteiger partial charge in [0.25, 0.3) is 5.56 Å². The number of hydrogen-bond donors (Lipinski definition) is 2. The van der Waals surface area contributed by atoms with Gasteiger partial charge in [0.15, 0.2) is 0 Å². The maximum Gasteiger partial charge on any atom is 0.323 e. The maximum atomic E-state index is 13.4. The summed E-state index contributed by atoms with van der Waals surface area (Å²) in [6.07, 6.45) is 3.30. The van der Waals surface area contributed by atoms with Crippen molar-refractivity contribution in [2.75, 3.05) is 10.6 Å². The summed E-state index contributed by atoms with van der Waals surface area (Å²) in [6, 6.07) is 14.7. The van der Waals surface area contributed by atoms with Crippen molar-refractivity contribution in [3.05, 3.63) is 82.4 Å². The van der Waals surface area contributed by atoms with Crippen LogP contribution in [-0.2, 0) is 7.05 Å². The average Bonchev–Trinajstić information content (AvgIpc) is 2.83. The molecule has 7 nitrogen and oxygen atoms in total. The number of aromatic nitrogens is 3. The summed E-state index contributed by atoms with van der Waals surface area (Å²) in [7, 11) is 1.65. The van der Waals surface area contributed by atoms with Crippen LogP contribution in [0.5, 0.6) is 0 Å². The zero-order valence-corrected chi connectivity index (χ0v) is 20.1. The first-order valence-electron chi connectivity index (χ1n) is 11.4. The largest absolute Gasteiger partial charge is 0.323 e. The van der Waals surface area contributed by atoms with Gasteiger partial charge in [-0.05, 0) is 47.2 Å². The van der Waals surface area contributed by atoms with E-state index in [0.29, 0.717) is 16.9 Å². The summed E-state index contributed by atoms with van der Waals surface area (Å²) < 4.78 is 1.44. The monoisotopic (exact) mass is 455 g/mol. The Hall–Kier alpha value is -4.00. The molecule has 2 N–H and O–H groups in total. The Morgan fingerprint density at radius 1 is 0.824 bits per heavy atom. The smallest absolute Gasteiger partial charge is 0.307 e. The summed E-state index contributed by atoms with van der Waals surface area (Å²) in [5.74, 6) is 0.440. The van der Waals surface area contributed by atoms with Gasteiger partial charge in [-0.1, -0.05) is 52.0 Å². The van der Waals surface area contributed by atoms with Crippen LogP contribution in [0.1, 0.15) is 50.7 Å². The third kappa shape index (κ3) is 4.29. The minimum absolute atomic E-state index is 0.160. The molecular formula is C27H29N5O2. The number of amides is 2. The van der Waals surface area contributed by atoms with Crippen molar-refractivity contribution in [3.63, 3.8) is 0 Å². The number of aryl methyl sites for hydroxylation is 1. The van der Waals surface area contributed by atoms with E-state index in [1.54, 1.807) is 31.6 Å². The van der Waals surface area contributed by atoms with Crippen LogP contribution in [0.15, 0.2) is 65.7 Å². The second-order valence-electron chi connectivity index (χ2n) is 8.90. The van der Waals surface area contributed by atoms with Gasteiger partial charge in [0, 0.05) is 36.1 Å². The minimum atomic E-state index is -0.479. The fourth-order valence-corrected chi connectivity index (χ4v) is 4.21. The highest BCUT2D eigenvalue weighted by atomic mass is 16.2. The summed E-state index contributed by atoms with van der Waals surface area (Å²) in [6.45, 7) is 8.36. The van der Waals surface area contributed by atoms with Crippen molar-refractivity contribution in [3.8, 4) is 11.3 Å². The second kappa shape index (κ2) is 9.47. The number of nitrogens with one attached hydrogen (secondary N) is 2. The predicted octanol–water partition coefficient (Wildman–Crippen LogP) is 5.89. The molecule has 4 rings (SSSR count). The molecule has 34 heavy (non-hydrogen) atoms. The molecule has 3 heterocycles. The van der Waals surface area contributed by atoms with Gasteiger partial charge in [-0.3, -0.25) is 14.3 Å². The van der Waals surface area contributed by atoms with Crippen LogP contribution < -0.4 is 16.2 Å². The number of urea groups is 1. The lowest BCUT2D eigenvalue weighted by molar-refractivity contribution is 0.262. The van der Waals surface area contributed by atoms with Crippen LogP contribution >= 0.6 is 0 Å². The van der Waals surface area contributed by atoms with Crippen LogP contribution in [-0.4, -0.2) is 20.6 Å². The van der Waals surface area contributed by atoms with Crippen LogP contribution in [0, 0.1) is 0 Å². The van der Waals surface area contributed by atoms with Gasteiger partial charge in [-0.2, -0.15) is 0 Å². The molecule has 0 bridgehead atoms. The van der Waals surface area contributed by atoms with Crippen LogP contribution in [0.4, 0.5) is 16.2 Å². The highest BCUT2D eigenvalue weighted by molar-refractivity contribution is 6.07. The highest BCUT2D eigenvalue weighted by Crippen LogP contribution is 2.34.